The van der Waals surface area contributed by atoms with Gasteiger partial charge in [0.05, 0.1) is 0 Å². The van der Waals surface area contributed by atoms with Gasteiger partial charge in [0.15, 0.2) is 0 Å². The number of esters is 1. The Bertz CT molecular complexity index is 877. The first-order valence-electron chi connectivity index (χ1n) is 12.9. The Kier molecular flexibility index (Phi) is 10.7. The second-order valence-electron chi connectivity index (χ2n) is 9.42. The molecule has 0 aliphatic heterocycles. The molecule has 4 nitrogen and oxygen atoms in total. The maximum Gasteiger partial charge on any atom is 0.333 e. The highest BCUT2D eigenvalue weighted by molar-refractivity contribution is 5.87. The maximum absolute atomic E-state index is 11.6. The highest BCUT2D eigenvalue weighted by atomic mass is 16.6. The van der Waals surface area contributed by atoms with Crippen molar-refractivity contribution in [1.29, 1.82) is 0 Å². The van der Waals surface area contributed by atoms with E-state index in [0.29, 0.717) is 5.92 Å². The number of aliphatic hydroxyl groups excluding tert-OH is 1. The van der Waals surface area contributed by atoms with Crippen LogP contribution in [0.25, 0.3) is 11.1 Å². The molecule has 0 radical (unpaired) electrons. The number of hydrogen-bond acceptors (Lipinski definition) is 4. The molecule has 0 atom stereocenters. The quantitative estimate of drug-likeness (QED) is 0.196. The maximum atomic E-state index is 11.6. The minimum atomic E-state index is -0.489. The van der Waals surface area contributed by atoms with Crippen molar-refractivity contribution in [3.63, 3.8) is 0 Å². The topological polar surface area (TPSA) is 55.8 Å². The van der Waals surface area contributed by atoms with E-state index in [1.54, 1.807) is 0 Å². The summed E-state index contributed by atoms with van der Waals surface area (Å²) in [7, 11) is 0. The van der Waals surface area contributed by atoms with Crippen molar-refractivity contribution in [3.8, 4) is 16.9 Å². The highest BCUT2D eigenvalue weighted by Gasteiger charge is 2.22. The van der Waals surface area contributed by atoms with Gasteiger partial charge in [-0.05, 0) is 66.3 Å². The van der Waals surface area contributed by atoms with Crippen LogP contribution in [0.2, 0.25) is 0 Å². The summed E-state index contributed by atoms with van der Waals surface area (Å²) in [6, 6.07) is 17.1. The minimum Gasteiger partial charge on any atom is -0.490 e. The van der Waals surface area contributed by atoms with Crippen molar-refractivity contribution in [3.05, 3.63) is 66.2 Å². The fourth-order valence-corrected chi connectivity index (χ4v) is 4.79. The van der Waals surface area contributed by atoms with Gasteiger partial charge in [0.2, 0.25) is 0 Å². The number of ether oxygens (including phenoxy) is 2. The highest BCUT2D eigenvalue weighted by Crippen LogP contribution is 2.38. The third-order valence-electron chi connectivity index (χ3n) is 6.92. The number of hydrogen-bond donors (Lipinski definition) is 1. The molecule has 1 N–H and O–H groups in total. The van der Waals surface area contributed by atoms with E-state index in [4.69, 9.17) is 14.6 Å². The second kappa shape index (κ2) is 14.0. The van der Waals surface area contributed by atoms with E-state index in [2.05, 4.69) is 49.9 Å². The van der Waals surface area contributed by atoms with Crippen LogP contribution in [0.3, 0.4) is 0 Å². The molecular weight excluding hydrogens is 424 g/mol. The summed E-state index contributed by atoms with van der Waals surface area (Å²) in [6.07, 6.45) is 11.2. The molecule has 184 valence electrons. The van der Waals surface area contributed by atoms with E-state index >= 15 is 0 Å². The van der Waals surface area contributed by atoms with Crippen LogP contribution in [0.1, 0.15) is 76.2 Å². The van der Waals surface area contributed by atoms with Crippen molar-refractivity contribution in [2.75, 3.05) is 19.8 Å². The summed E-state index contributed by atoms with van der Waals surface area (Å²) in [4.78, 5) is 11.6. The van der Waals surface area contributed by atoms with Gasteiger partial charge in [-0.2, -0.15) is 0 Å². The second-order valence-corrected chi connectivity index (χ2v) is 9.42. The predicted molar refractivity (Wildman–Crippen MR) is 138 cm³/mol. The van der Waals surface area contributed by atoms with Crippen LogP contribution in [0, 0.1) is 5.92 Å². The van der Waals surface area contributed by atoms with Crippen LogP contribution >= 0.6 is 0 Å². The average molecular weight is 465 g/mol. The zero-order chi connectivity index (χ0) is 24.2. The minimum absolute atomic E-state index is 0.111. The van der Waals surface area contributed by atoms with Crippen LogP contribution in [-0.4, -0.2) is 30.9 Å². The van der Waals surface area contributed by atoms with E-state index < -0.39 is 5.97 Å². The van der Waals surface area contributed by atoms with E-state index in [-0.39, 0.29) is 31.8 Å². The summed E-state index contributed by atoms with van der Waals surface area (Å²) in [5, 5.41) is 8.83. The number of carbonyl (C=O) groups excluding carboxylic acids is 1. The molecular formula is C30H40O4. The Morgan fingerprint density at radius 1 is 0.941 bits per heavy atom. The smallest absolute Gasteiger partial charge is 0.333 e. The lowest BCUT2D eigenvalue weighted by molar-refractivity contribution is -0.140. The summed E-state index contributed by atoms with van der Waals surface area (Å²) in [6.45, 7) is 6.18. The molecule has 0 saturated heterocycles. The molecule has 0 unspecified atom stereocenters. The van der Waals surface area contributed by atoms with Crippen molar-refractivity contribution >= 4 is 5.97 Å². The summed E-state index contributed by atoms with van der Waals surface area (Å²) in [5.74, 6) is 1.90. The molecule has 2 aromatic carbocycles. The van der Waals surface area contributed by atoms with Crippen molar-refractivity contribution < 1.29 is 19.4 Å². The van der Waals surface area contributed by atoms with Gasteiger partial charge in [-0.3, -0.25) is 0 Å². The number of aliphatic hydroxyl groups is 1. The Labute approximate surface area is 205 Å². The fourth-order valence-electron chi connectivity index (χ4n) is 4.79. The van der Waals surface area contributed by atoms with Crippen LogP contribution in [-0.2, 0) is 9.53 Å². The van der Waals surface area contributed by atoms with E-state index in [0.717, 1.165) is 17.2 Å². The van der Waals surface area contributed by atoms with Crippen LogP contribution < -0.4 is 4.74 Å². The van der Waals surface area contributed by atoms with Crippen LogP contribution in [0.5, 0.6) is 5.75 Å². The van der Waals surface area contributed by atoms with Gasteiger partial charge in [0.25, 0.3) is 0 Å². The average Bonchev–Trinajstić information content (AvgIpc) is 2.88. The molecule has 1 aliphatic rings. The molecule has 4 heteroatoms. The standard InChI is InChI=1S/C30H40O4/c1-3-4-5-6-24-7-9-25(10-8-24)26-11-13-27(14-12-26)28-15-17-29(18-16-28)33-21-22-34-30(32)23(2)19-20-31/h11-18,24-25,31H,2-10,19-22H2,1H3. The largest absolute Gasteiger partial charge is 0.490 e. The Morgan fingerprint density at radius 3 is 2.21 bits per heavy atom. The predicted octanol–water partition coefficient (Wildman–Crippen LogP) is 7.07. The lowest BCUT2D eigenvalue weighted by Crippen LogP contribution is -2.14. The molecule has 0 spiro atoms. The van der Waals surface area contributed by atoms with Gasteiger partial charge in [-0.1, -0.05) is 75.6 Å². The van der Waals surface area contributed by atoms with Crippen molar-refractivity contribution in [2.24, 2.45) is 5.92 Å². The van der Waals surface area contributed by atoms with Crippen LogP contribution in [0.15, 0.2) is 60.7 Å². The van der Waals surface area contributed by atoms with E-state index in [1.807, 2.05) is 12.1 Å². The van der Waals surface area contributed by atoms with Gasteiger partial charge >= 0.3 is 5.97 Å². The molecule has 1 aliphatic carbocycles. The SMILES string of the molecule is C=C(CCO)C(=O)OCCOc1ccc(-c2ccc(C3CCC(CCCCC)CC3)cc2)cc1. The van der Waals surface area contributed by atoms with Crippen molar-refractivity contribution in [1.82, 2.24) is 0 Å². The normalized spacial score (nSPS) is 17.8. The van der Waals surface area contributed by atoms with Gasteiger partial charge < -0.3 is 14.6 Å². The Hall–Kier alpha value is -2.59. The first kappa shape index (κ1) is 26.0. The summed E-state index contributed by atoms with van der Waals surface area (Å²) in [5.41, 5.74) is 4.12. The number of carbonyl (C=O) groups is 1. The van der Waals surface area contributed by atoms with Crippen LogP contribution in [0.4, 0.5) is 0 Å². The molecule has 0 aromatic heterocycles. The monoisotopic (exact) mass is 464 g/mol. The lowest BCUT2D eigenvalue weighted by Gasteiger charge is -2.29. The van der Waals surface area contributed by atoms with Gasteiger partial charge in [0, 0.05) is 18.6 Å². The number of rotatable bonds is 13. The first-order valence-corrected chi connectivity index (χ1v) is 12.9. The number of unbranched alkanes of at least 4 members (excludes halogenated alkanes) is 2. The van der Waals surface area contributed by atoms with E-state index in [9.17, 15) is 4.79 Å². The third-order valence-corrected chi connectivity index (χ3v) is 6.92. The Balaban J connectivity index is 1.43. The molecule has 1 fully saturated rings. The molecule has 0 heterocycles. The lowest BCUT2D eigenvalue weighted by atomic mass is 9.77. The van der Waals surface area contributed by atoms with Gasteiger partial charge in [-0.25, -0.2) is 4.79 Å². The van der Waals surface area contributed by atoms with E-state index in [1.165, 1.54) is 62.5 Å². The fraction of sp³-hybridized carbons (Fsp3) is 0.500. The first-order chi connectivity index (χ1) is 16.6. The molecule has 0 bridgehead atoms. The summed E-state index contributed by atoms with van der Waals surface area (Å²) >= 11 is 0. The Morgan fingerprint density at radius 2 is 1.59 bits per heavy atom. The third kappa shape index (κ3) is 8.02. The zero-order valence-electron chi connectivity index (χ0n) is 20.6. The summed E-state index contributed by atoms with van der Waals surface area (Å²) < 4.78 is 10.8. The van der Waals surface area contributed by atoms with Gasteiger partial charge in [-0.15, -0.1) is 0 Å². The molecule has 0 amide bonds. The number of benzene rings is 2. The molecule has 1 saturated carbocycles. The zero-order valence-corrected chi connectivity index (χ0v) is 20.6. The molecule has 3 rings (SSSR count). The molecule has 34 heavy (non-hydrogen) atoms. The van der Waals surface area contributed by atoms with Gasteiger partial charge in [0.1, 0.15) is 19.0 Å². The van der Waals surface area contributed by atoms with Crippen molar-refractivity contribution in [2.45, 2.75) is 70.6 Å². The molecule has 2 aromatic rings.